The van der Waals surface area contributed by atoms with Gasteiger partial charge in [0, 0.05) is 53.8 Å². The SMILES string of the molecule is CC[C@H](C)[C@H](NC(=O)[C@H](Cc1ccc(OCc2ccccc2)cc1)NC(=O)CCSC(c1ccccc1)(c1ccccc1)c1ccccc1)C(=O)N[C@H](C(=O)N[C@@H](CC(N)=O)C(=O)N[C@@H](CSCc1ccccc1)C(=O)N1CCC[C@H]1C(=O)N[C@@H](CCCCNC(=O)OCc1ccccc1Cl)C(=O)NCC(N)=O)[C@@H](C)OCc1ccccc1. The number of unbranched alkanes of at least 4 members (excludes halogenated alkanes) is 1. The second-order valence-corrected chi connectivity index (χ2v) is 31.5. The van der Waals surface area contributed by atoms with E-state index in [1.807, 2.05) is 128 Å². The van der Waals surface area contributed by atoms with Crippen LogP contribution in [-0.4, -0.2) is 150 Å². The molecule has 12 N–H and O–H groups in total. The molecular formula is C90H104ClN11O14S2. The third kappa shape index (κ3) is 27.8. The topological polar surface area (TPSA) is 367 Å². The average Bonchev–Trinajstić information content (AvgIpc) is 0.861. The van der Waals surface area contributed by atoms with Gasteiger partial charge < -0.3 is 73.1 Å². The van der Waals surface area contributed by atoms with Crippen molar-refractivity contribution >= 4 is 100 Å². The number of primary amides is 2. The molecule has 622 valence electrons. The van der Waals surface area contributed by atoms with E-state index in [0.717, 1.165) is 27.8 Å². The van der Waals surface area contributed by atoms with E-state index >= 15 is 24.0 Å². The molecule has 0 unspecified atom stereocenters. The molecule has 28 heteroatoms. The number of carbonyl (C=O) groups excluding carboxylic acids is 11. The normalized spacial score (nSPS) is 14.5. The van der Waals surface area contributed by atoms with Gasteiger partial charge >= 0.3 is 6.09 Å². The van der Waals surface area contributed by atoms with Gasteiger partial charge in [0.05, 0.1) is 30.4 Å². The molecule has 8 aromatic carbocycles. The van der Waals surface area contributed by atoms with Crippen molar-refractivity contribution in [3.05, 3.63) is 280 Å². The molecule has 0 spiro atoms. The molecule has 1 fully saturated rings. The van der Waals surface area contributed by atoms with Crippen LogP contribution >= 0.6 is 35.1 Å². The predicted molar refractivity (Wildman–Crippen MR) is 456 cm³/mol. The smallest absolute Gasteiger partial charge is 0.407 e. The molecular weight excluding hydrogens is 1560 g/mol. The minimum Gasteiger partial charge on any atom is -0.489 e. The first-order valence-electron chi connectivity index (χ1n) is 39.5. The van der Waals surface area contributed by atoms with Crippen LogP contribution in [0.2, 0.25) is 5.02 Å². The fraction of sp³-hybridized carbons (Fsp3) is 0.344. The van der Waals surface area contributed by atoms with Crippen molar-refractivity contribution in [1.82, 2.24) is 47.4 Å². The molecule has 1 heterocycles. The van der Waals surface area contributed by atoms with Crippen molar-refractivity contribution in [2.45, 2.75) is 157 Å². The number of rotatable bonds is 46. The second kappa shape index (κ2) is 47.0. The molecule has 1 aliphatic heterocycles. The molecule has 25 nitrogen and oxygen atoms in total. The van der Waals surface area contributed by atoms with Crippen LogP contribution in [0.4, 0.5) is 4.79 Å². The summed E-state index contributed by atoms with van der Waals surface area (Å²) in [4.78, 5) is 158. The van der Waals surface area contributed by atoms with E-state index < -0.39 is 137 Å². The molecule has 9 atom stereocenters. The largest absolute Gasteiger partial charge is 0.489 e. The van der Waals surface area contributed by atoms with Gasteiger partial charge in [0.15, 0.2) is 0 Å². The van der Waals surface area contributed by atoms with E-state index in [-0.39, 0.29) is 64.2 Å². The van der Waals surface area contributed by atoms with Crippen molar-refractivity contribution < 1.29 is 67.0 Å². The van der Waals surface area contributed by atoms with Crippen LogP contribution in [0.15, 0.2) is 231 Å². The molecule has 0 aliphatic carbocycles. The minimum atomic E-state index is -1.80. The Morgan fingerprint density at radius 2 is 1.08 bits per heavy atom. The summed E-state index contributed by atoms with van der Waals surface area (Å²) >= 11 is 9.07. The van der Waals surface area contributed by atoms with Crippen molar-refractivity contribution in [2.75, 3.05) is 31.1 Å². The predicted octanol–water partition coefficient (Wildman–Crippen LogP) is 9.64. The number of thioether (sulfide) groups is 2. The number of nitrogens with zero attached hydrogens (tertiary/aromatic N) is 1. The molecule has 0 aromatic heterocycles. The fourth-order valence-electron chi connectivity index (χ4n) is 13.5. The standard InChI is InChI=1S/C90H104ClN11O14S2/c1-4-60(2)80(100-84(108)73(52-62-44-46-70(47-45-62)115-56-64-30-13-6-14-31-64)96-79(105)48-51-118-90(67-35-17-8-18-36-67,68-37-19-9-20-38-68)69-39-21-10-22-40-69)86(110)101-81(61(3)114-55-63-28-11-5-12-29-63)87(111)98-74(53-77(92)103)83(107)99-75(59-117-58-65-32-15-7-16-33-65)88(112)102-50-27-43-76(102)85(109)97-72(82(106)95-54-78(93)104)42-25-26-49-94-89(113)116-57-66-34-23-24-41-71(66)91/h5-24,28-41,44-47,60-61,72-76,80-81H,4,25-27,42-43,48-59H2,1-3H3,(H2,92,103)(H2,93,104)(H,94,113)(H,95,106)(H,96,105)(H,97,109)(H,98,111)(H,99,107)(H,100,108)(H,101,110)/t60-,61+,72-,73-,74-,75-,76-,80-,81-/m0/s1. The highest BCUT2D eigenvalue weighted by atomic mass is 35.5. The van der Waals surface area contributed by atoms with Gasteiger partial charge in [-0.3, -0.25) is 47.9 Å². The highest BCUT2D eigenvalue weighted by Gasteiger charge is 2.42. The van der Waals surface area contributed by atoms with E-state index in [2.05, 4.69) is 78.9 Å². The van der Waals surface area contributed by atoms with Gasteiger partial charge in [0.1, 0.15) is 61.3 Å². The number of hydrogen-bond donors (Lipinski definition) is 10. The maximum absolute atomic E-state index is 15.3. The maximum Gasteiger partial charge on any atom is 0.407 e. The number of benzene rings is 8. The zero-order valence-corrected chi connectivity index (χ0v) is 68.8. The van der Waals surface area contributed by atoms with Crippen LogP contribution in [0.1, 0.15) is 117 Å². The van der Waals surface area contributed by atoms with E-state index in [1.165, 1.54) is 23.6 Å². The first-order chi connectivity index (χ1) is 57.1. The zero-order chi connectivity index (χ0) is 84.2. The summed E-state index contributed by atoms with van der Waals surface area (Å²) in [5.74, 6) is -7.54. The number of nitrogens with one attached hydrogen (secondary N) is 8. The Kier molecular flexibility index (Phi) is 36.0. The number of alkyl carbamates (subject to hydrolysis) is 1. The molecule has 0 bridgehead atoms. The van der Waals surface area contributed by atoms with Gasteiger partial charge in [0.2, 0.25) is 59.1 Å². The van der Waals surface area contributed by atoms with Crippen LogP contribution in [0.25, 0.3) is 0 Å². The van der Waals surface area contributed by atoms with Gasteiger partial charge in [-0.1, -0.05) is 244 Å². The maximum atomic E-state index is 15.3. The lowest BCUT2D eigenvalue weighted by Crippen LogP contribution is -2.63. The Morgan fingerprint density at radius 1 is 0.534 bits per heavy atom. The molecule has 0 saturated carbocycles. The molecule has 118 heavy (non-hydrogen) atoms. The van der Waals surface area contributed by atoms with Crippen LogP contribution in [0.3, 0.4) is 0 Å². The number of hydrogen-bond acceptors (Lipinski definition) is 16. The van der Waals surface area contributed by atoms with E-state index in [0.29, 0.717) is 64.8 Å². The Hall–Kier alpha value is -11.5. The summed E-state index contributed by atoms with van der Waals surface area (Å²) in [7, 11) is 0. The van der Waals surface area contributed by atoms with Crippen LogP contribution in [0.5, 0.6) is 5.75 Å². The molecule has 8 aromatic rings. The first-order valence-corrected chi connectivity index (χ1v) is 42.0. The summed E-state index contributed by atoms with van der Waals surface area (Å²) in [5.41, 5.74) is 18.0. The molecule has 1 aliphatic rings. The Balaban J connectivity index is 0.932. The number of nitrogens with two attached hydrogens (primary N) is 2. The summed E-state index contributed by atoms with van der Waals surface area (Å²) in [6.45, 7) is 4.91. The summed E-state index contributed by atoms with van der Waals surface area (Å²) in [5, 5.41) is 22.4. The van der Waals surface area contributed by atoms with Crippen LogP contribution in [0, 0.1) is 5.92 Å². The third-order valence-electron chi connectivity index (χ3n) is 20.1. The zero-order valence-electron chi connectivity index (χ0n) is 66.4. The number of likely N-dealkylation sites (tertiary alicyclic amines) is 1. The number of halogens is 1. The third-order valence-corrected chi connectivity index (χ3v) is 23.1. The highest BCUT2D eigenvalue weighted by Crippen LogP contribution is 2.48. The first kappa shape index (κ1) is 90.4. The lowest BCUT2D eigenvalue weighted by Gasteiger charge is -2.35. The van der Waals surface area contributed by atoms with Crippen molar-refractivity contribution in [3.8, 4) is 5.75 Å². The van der Waals surface area contributed by atoms with E-state index in [9.17, 15) is 28.8 Å². The van der Waals surface area contributed by atoms with E-state index in [1.54, 1.807) is 91.5 Å². The van der Waals surface area contributed by atoms with Gasteiger partial charge in [0.25, 0.3) is 0 Å². The van der Waals surface area contributed by atoms with Crippen molar-refractivity contribution in [1.29, 1.82) is 0 Å². The number of ether oxygens (including phenoxy) is 3. The highest BCUT2D eigenvalue weighted by molar-refractivity contribution is 8.00. The van der Waals surface area contributed by atoms with Gasteiger partial charge in [-0.2, -0.15) is 11.8 Å². The molecule has 1 saturated heterocycles. The lowest BCUT2D eigenvalue weighted by molar-refractivity contribution is -0.142. The Bertz CT molecular complexity index is 4500. The van der Waals surface area contributed by atoms with Gasteiger partial charge in [-0.15, -0.1) is 11.8 Å². The summed E-state index contributed by atoms with van der Waals surface area (Å²) in [6.07, 6.45) is -1.31. The van der Waals surface area contributed by atoms with E-state index in [4.69, 9.17) is 37.3 Å². The van der Waals surface area contributed by atoms with Gasteiger partial charge in [-0.05, 0) is 102 Å². The summed E-state index contributed by atoms with van der Waals surface area (Å²) < 4.78 is 17.0. The number of amides is 11. The Morgan fingerprint density at radius 3 is 1.66 bits per heavy atom. The molecule has 0 radical (unpaired) electrons. The fourth-order valence-corrected chi connectivity index (χ4v) is 16.2. The average molecular weight is 1660 g/mol. The quantitative estimate of drug-likeness (QED) is 0.0125. The Labute approximate surface area is 702 Å². The lowest BCUT2D eigenvalue weighted by atomic mass is 9.84. The van der Waals surface area contributed by atoms with Crippen LogP contribution in [-0.2, 0) is 94.2 Å². The minimum absolute atomic E-state index is 0.0246. The van der Waals surface area contributed by atoms with Crippen LogP contribution < -0.4 is 58.7 Å². The monoisotopic (exact) mass is 1660 g/mol. The van der Waals surface area contributed by atoms with Crippen molar-refractivity contribution in [2.24, 2.45) is 17.4 Å². The molecule has 9 rings (SSSR count). The molecule has 11 amide bonds. The van der Waals surface area contributed by atoms with Crippen molar-refractivity contribution in [3.63, 3.8) is 0 Å². The van der Waals surface area contributed by atoms with Gasteiger partial charge in [-0.25, -0.2) is 4.79 Å². The second-order valence-electron chi connectivity index (χ2n) is 28.8. The number of carbonyl (C=O) groups is 11. The summed E-state index contributed by atoms with van der Waals surface area (Å²) in [6, 6.07) is 62.2.